The monoisotopic (exact) mass is 443 g/mol. The van der Waals surface area contributed by atoms with Crippen molar-refractivity contribution in [1.82, 2.24) is 9.55 Å². The highest BCUT2D eigenvalue weighted by atomic mass is 31.3. The number of hydrogen-bond acceptors (Lipinski definition) is 10. The van der Waals surface area contributed by atoms with Crippen LogP contribution in [0.15, 0.2) is 17.1 Å². The summed E-state index contributed by atoms with van der Waals surface area (Å²) in [5.74, 6) is -1.26. The topological polar surface area (TPSA) is 210 Å². The first-order valence-electron chi connectivity index (χ1n) is 7.91. The molecule has 0 aromatic carbocycles. The maximum atomic E-state index is 12.3. The van der Waals surface area contributed by atoms with E-state index in [9.17, 15) is 29.0 Å². The molecule has 0 spiro atoms. The van der Waals surface area contributed by atoms with Gasteiger partial charge in [0.1, 0.15) is 6.10 Å². The minimum Gasteiger partial charge on any atom is -0.390 e. The van der Waals surface area contributed by atoms with E-state index in [-0.39, 0.29) is 12.2 Å². The first-order valence-corrected chi connectivity index (χ1v) is 10.9. The fraction of sp³-hybridized carbons (Fsp3) is 0.667. The SMILES string of the molecule is CONc1ccn([C@]23C[C@H]2[C@@H](COP(=O)(O)OP(=O)(O)O)[C@@H](O)[C@H]3O)c(=O)n1. The molecule has 28 heavy (non-hydrogen) atoms. The van der Waals surface area contributed by atoms with E-state index in [1.54, 1.807) is 0 Å². The van der Waals surface area contributed by atoms with E-state index in [0.29, 0.717) is 0 Å². The fourth-order valence-corrected chi connectivity index (χ4v) is 5.40. The second kappa shape index (κ2) is 7.26. The van der Waals surface area contributed by atoms with Crippen LogP contribution in [0.25, 0.3) is 0 Å². The molecule has 3 rings (SSSR count). The Hall–Kier alpha value is -1.18. The molecule has 14 nitrogen and oxygen atoms in total. The molecule has 0 radical (unpaired) electrons. The Morgan fingerprint density at radius 3 is 2.61 bits per heavy atom. The zero-order valence-corrected chi connectivity index (χ0v) is 16.1. The van der Waals surface area contributed by atoms with Gasteiger partial charge < -0.3 is 24.9 Å². The number of nitrogens with zero attached hydrogens (tertiary/aromatic N) is 2. The number of hydrogen-bond donors (Lipinski definition) is 6. The van der Waals surface area contributed by atoms with Crippen molar-refractivity contribution in [3.05, 3.63) is 22.7 Å². The van der Waals surface area contributed by atoms with Gasteiger partial charge in [-0.3, -0.25) is 13.9 Å². The number of aromatic nitrogens is 2. The zero-order valence-electron chi connectivity index (χ0n) is 14.4. The van der Waals surface area contributed by atoms with Crippen LogP contribution < -0.4 is 11.2 Å². The molecular weight excluding hydrogens is 424 g/mol. The predicted octanol–water partition coefficient (Wildman–Crippen LogP) is -1.49. The van der Waals surface area contributed by atoms with E-state index in [1.807, 2.05) is 0 Å². The van der Waals surface area contributed by atoms with Crippen molar-refractivity contribution in [2.24, 2.45) is 11.8 Å². The number of aliphatic hydroxyl groups excluding tert-OH is 2. The van der Waals surface area contributed by atoms with E-state index >= 15 is 0 Å². The lowest BCUT2D eigenvalue weighted by molar-refractivity contribution is -0.0281. The molecule has 0 amide bonds. The Morgan fingerprint density at radius 2 is 2.04 bits per heavy atom. The molecule has 1 aromatic rings. The van der Waals surface area contributed by atoms with Crippen molar-refractivity contribution in [3.8, 4) is 0 Å². The minimum absolute atomic E-state index is 0.140. The number of anilines is 1. The summed E-state index contributed by atoms with van der Waals surface area (Å²) in [5.41, 5.74) is 0.497. The Bertz CT molecular complexity index is 903. The van der Waals surface area contributed by atoms with Gasteiger partial charge in [0.25, 0.3) is 0 Å². The molecule has 158 valence electrons. The number of fused-ring (bicyclic) bond motifs is 1. The van der Waals surface area contributed by atoms with E-state index < -0.39 is 57.5 Å². The first-order chi connectivity index (χ1) is 12.9. The zero-order chi connectivity index (χ0) is 20.9. The van der Waals surface area contributed by atoms with Crippen molar-refractivity contribution >= 4 is 21.5 Å². The van der Waals surface area contributed by atoms with Gasteiger partial charge in [-0.1, -0.05) is 0 Å². The molecule has 6 atom stereocenters. The summed E-state index contributed by atoms with van der Waals surface area (Å²) >= 11 is 0. The van der Waals surface area contributed by atoms with Gasteiger partial charge in [0.05, 0.1) is 25.4 Å². The lowest BCUT2D eigenvalue weighted by atomic mass is 10.0. The van der Waals surface area contributed by atoms with Gasteiger partial charge in [0.15, 0.2) is 5.82 Å². The predicted molar refractivity (Wildman–Crippen MR) is 89.6 cm³/mol. The van der Waals surface area contributed by atoms with Gasteiger partial charge in [0, 0.05) is 12.1 Å². The number of aliphatic hydroxyl groups is 2. The average Bonchev–Trinajstić information content (AvgIpc) is 3.23. The first kappa shape index (κ1) is 21.5. The van der Waals surface area contributed by atoms with Crippen LogP contribution in [0, 0.1) is 11.8 Å². The normalized spacial score (nSPS) is 33.9. The summed E-state index contributed by atoms with van der Waals surface area (Å²) in [5, 5.41) is 20.8. The summed E-state index contributed by atoms with van der Waals surface area (Å²) in [6.45, 7) is -0.635. The Balaban J connectivity index is 1.77. The van der Waals surface area contributed by atoms with Crippen LogP contribution in [-0.2, 0) is 28.3 Å². The summed E-state index contributed by atoms with van der Waals surface area (Å²) in [6.07, 6.45) is -1.19. The average molecular weight is 443 g/mol. The van der Waals surface area contributed by atoms with Gasteiger partial charge in [-0.2, -0.15) is 9.29 Å². The van der Waals surface area contributed by atoms with E-state index in [0.717, 1.165) is 4.57 Å². The molecule has 16 heteroatoms. The van der Waals surface area contributed by atoms with Gasteiger partial charge in [-0.05, 0) is 18.4 Å². The Labute approximate surface area is 157 Å². The summed E-state index contributed by atoms with van der Waals surface area (Å²) < 4.78 is 31.7. The molecular formula is C12H19N3O11P2. The molecule has 6 N–H and O–H groups in total. The maximum Gasteiger partial charge on any atom is 0.481 e. The highest BCUT2D eigenvalue weighted by Crippen LogP contribution is 2.65. The summed E-state index contributed by atoms with van der Waals surface area (Å²) in [4.78, 5) is 47.3. The molecule has 0 bridgehead atoms. The molecule has 2 aliphatic carbocycles. The Kier molecular flexibility index (Phi) is 5.58. The largest absolute Gasteiger partial charge is 0.481 e. The second-order valence-electron chi connectivity index (χ2n) is 6.51. The second-order valence-corrected chi connectivity index (χ2v) is 9.34. The van der Waals surface area contributed by atoms with E-state index in [2.05, 4.69) is 24.1 Å². The van der Waals surface area contributed by atoms with Crippen molar-refractivity contribution in [3.63, 3.8) is 0 Å². The Morgan fingerprint density at radius 1 is 1.36 bits per heavy atom. The van der Waals surface area contributed by atoms with Crippen molar-refractivity contribution < 1.29 is 47.7 Å². The fourth-order valence-electron chi connectivity index (χ4n) is 3.78. The molecule has 2 fully saturated rings. The lowest BCUT2D eigenvalue weighted by Crippen LogP contribution is -2.43. The molecule has 1 aromatic heterocycles. The highest BCUT2D eigenvalue weighted by molar-refractivity contribution is 7.60. The van der Waals surface area contributed by atoms with Gasteiger partial charge in [-0.25, -0.2) is 19.4 Å². The van der Waals surface area contributed by atoms with Crippen LogP contribution in [0.2, 0.25) is 0 Å². The number of rotatable bonds is 8. The third-order valence-electron chi connectivity index (χ3n) is 4.92. The molecule has 0 aliphatic heterocycles. The molecule has 0 saturated heterocycles. The number of phosphoric ester groups is 1. The smallest absolute Gasteiger partial charge is 0.390 e. The van der Waals surface area contributed by atoms with Crippen LogP contribution in [-0.4, -0.2) is 60.4 Å². The van der Waals surface area contributed by atoms with Gasteiger partial charge >= 0.3 is 21.3 Å². The number of nitrogens with one attached hydrogen (secondary N) is 1. The summed E-state index contributed by atoms with van der Waals surface area (Å²) in [6, 6.07) is 1.42. The third-order valence-corrected chi connectivity index (χ3v) is 7.07. The van der Waals surface area contributed by atoms with Gasteiger partial charge in [-0.15, -0.1) is 0 Å². The van der Waals surface area contributed by atoms with Crippen LogP contribution >= 0.6 is 15.6 Å². The lowest BCUT2D eigenvalue weighted by Gasteiger charge is -2.24. The van der Waals surface area contributed by atoms with Crippen LogP contribution in [0.4, 0.5) is 5.82 Å². The highest BCUT2D eigenvalue weighted by Gasteiger charge is 2.72. The summed E-state index contributed by atoms with van der Waals surface area (Å²) in [7, 11) is -9.04. The van der Waals surface area contributed by atoms with Crippen LogP contribution in [0.5, 0.6) is 0 Å². The van der Waals surface area contributed by atoms with Crippen LogP contribution in [0.1, 0.15) is 6.42 Å². The third kappa shape index (κ3) is 3.94. The van der Waals surface area contributed by atoms with Crippen molar-refractivity contribution in [1.29, 1.82) is 0 Å². The molecule has 1 heterocycles. The standard InChI is InChI=1S/C12H19N3O11P2/c1-24-14-8-2-3-15(11(18)13-8)12-4-7(12)6(9(16)10(12)17)5-25-28(22,23)26-27(19,20)21/h2-3,6-7,9-10,16-17H,4-5H2,1H3,(H,22,23)(H,13,14,18)(H2,19,20,21)/t6-,7+,9-,10-,12-/m1/s1. The molecule has 1 unspecified atom stereocenters. The van der Waals surface area contributed by atoms with E-state index in [1.165, 1.54) is 19.4 Å². The van der Waals surface area contributed by atoms with E-state index in [4.69, 9.17) is 9.79 Å². The van der Waals surface area contributed by atoms with Crippen LogP contribution in [0.3, 0.4) is 0 Å². The number of phosphoric acid groups is 2. The van der Waals surface area contributed by atoms with Crippen molar-refractivity contribution in [2.45, 2.75) is 24.2 Å². The quantitative estimate of drug-likeness (QED) is 0.200. The minimum atomic E-state index is -5.28. The molecule has 2 aliphatic rings. The maximum absolute atomic E-state index is 12.3. The van der Waals surface area contributed by atoms with Crippen molar-refractivity contribution in [2.75, 3.05) is 19.2 Å². The molecule has 2 saturated carbocycles. The van der Waals surface area contributed by atoms with Gasteiger partial charge in [0.2, 0.25) is 0 Å².